The zero-order valence-electron chi connectivity index (χ0n) is 13.0. The van der Waals surface area contributed by atoms with Gasteiger partial charge in [0.1, 0.15) is 17.3 Å². The lowest BCUT2D eigenvalue weighted by Crippen LogP contribution is -2.14. The number of halogens is 2. The molecule has 25 heavy (non-hydrogen) atoms. The van der Waals surface area contributed by atoms with Gasteiger partial charge in [0.05, 0.1) is 5.56 Å². The Kier molecular flexibility index (Phi) is 4.82. The van der Waals surface area contributed by atoms with E-state index in [-0.39, 0.29) is 11.3 Å². The minimum atomic E-state index is -0.683. The van der Waals surface area contributed by atoms with Crippen molar-refractivity contribution < 1.29 is 13.6 Å². The van der Waals surface area contributed by atoms with Gasteiger partial charge in [-0.25, -0.2) is 13.8 Å². The molecule has 0 aliphatic rings. The molecular formula is C20H12F2N2O. The largest absolute Gasteiger partial charge is 0.322 e. The fourth-order valence-corrected chi connectivity index (χ4v) is 2.11. The number of hydrogen-bond donors (Lipinski definition) is 1. The smallest absolute Gasteiger partial charge is 0.258 e. The number of nitrogens with one attached hydrogen (secondary N) is 1. The Morgan fingerprint density at radius 2 is 1.84 bits per heavy atom. The molecule has 1 amide bonds. The van der Waals surface area contributed by atoms with E-state index >= 15 is 0 Å². The number of nitrogens with zero attached hydrogens (tertiary/aromatic N) is 1. The quantitative estimate of drug-likeness (QED) is 0.720. The SMILES string of the molecule is O=C(Nc1cccc(F)c1)c1cc(C#Cc2ccccn2)ccc1F. The van der Waals surface area contributed by atoms with Gasteiger partial charge in [-0.05, 0) is 54.5 Å². The number of carbonyl (C=O) groups excluding carboxylic acids is 1. The van der Waals surface area contributed by atoms with Gasteiger partial charge in [0, 0.05) is 17.4 Å². The highest BCUT2D eigenvalue weighted by Crippen LogP contribution is 2.15. The first kappa shape index (κ1) is 16.3. The molecule has 0 fully saturated rings. The van der Waals surface area contributed by atoms with Crippen molar-refractivity contribution in [3.63, 3.8) is 0 Å². The third-order valence-electron chi connectivity index (χ3n) is 3.29. The van der Waals surface area contributed by atoms with E-state index < -0.39 is 17.5 Å². The van der Waals surface area contributed by atoms with Crippen molar-refractivity contribution in [1.82, 2.24) is 4.98 Å². The maximum absolute atomic E-state index is 14.0. The molecule has 0 spiro atoms. The zero-order chi connectivity index (χ0) is 17.6. The van der Waals surface area contributed by atoms with E-state index in [1.807, 2.05) is 0 Å². The summed E-state index contributed by atoms with van der Waals surface area (Å²) in [7, 11) is 0. The number of anilines is 1. The van der Waals surface area contributed by atoms with Crippen molar-refractivity contribution in [1.29, 1.82) is 0 Å². The van der Waals surface area contributed by atoms with Gasteiger partial charge in [-0.3, -0.25) is 4.79 Å². The van der Waals surface area contributed by atoms with Gasteiger partial charge >= 0.3 is 0 Å². The zero-order valence-corrected chi connectivity index (χ0v) is 13.0. The summed E-state index contributed by atoms with van der Waals surface area (Å²) in [6.45, 7) is 0. The van der Waals surface area contributed by atoms with Gasteiger partial charge in [-0.15, -0.1) is 0 Å². The molecule has 0 atom stereocenters. The topological polar surface area (TPSA) is 42.0 Å². The molecule has 0 radical (unpaired) electrons. The van der Waals surface area contributed by atoms with Crippen molar-refractivity contribution in [2.45, 2.75) is 0 Å². The Hall–Kier alpha value is -3.52. The highest BCUT2D eigenvalue weighted by Gasteiger charge is 2.12. The molecule has 3 rings (SSSR count). The third-order valence-corrected chi connectivity index (χ3v) is 3.29. The van der Waals surface area contributed by atoms with Crippen LogP contribution in [0, 0.1) is 23.5 Å². The Morgan fingerprint density at radius 1 is 0.960 bits per heavy atom. The van der Waals surface area contributed by atoms with Gasteiger partial charge < -0.3 is 5.32 Å². The van der Waals surface area contributed by atoms with Gasteiger partial charge in [0.25, 0.3) is 5.91 Å². The minimum Gasteiger partial charge on any atom is -0.322 e. The summed E-state index contributed by atoms with van der Waals surface area (Å²) >= 11 is 0. The first-order chi connectivity index (χ1) is 12.1. The Bertz CT molecular complexity index is 976. The Balaban J connectivity index is 1.84. The van der Waals surface area contributed by atoms with Crippen LogP contribution in [0.25, 0.3) is 0 Å². The summed E-state index contributed by atoms with van der Waals surface area (Å²) in [5, 5.41) is 2.46. The van der Waals surface area contributed by atoms with E-state index in [1.165, 1.54) is 36.4 Å². The monoisotopic (exact) mass is 334 g/mol. The normalized spacial score (nSPS) is 9.84. The first-order valence-corrected chi connectivity index (χ1v) is 7.41. The summed E-state index contributed by atoms with van der Waals surface area (Å²) in [4.78, 5) is 16.3. The lowest BCUT2D eigenvalue weighted by Gasteiger charge is -2.06. The average Bonchev–Trinajstić information content (AvgIpc) is 2.62. The van der Waals surface area contributed by atoms with Crippen LogP contribution in [-0.2, 0) is 0 Å². The van der Waals surface area contributed by atoms with Crippen molar-refractivity contribution >= 4 is 11.6 Å². The lowest BCUT2D eigenvalue weighted by atomic mass is 10.1. The Morgan fingerprint density at radius 3 is 2.60 bits per heavy atom. The molecule has 1 aromatic heterocycles. The van der Waals surface area contributed by atoms with Gasteiger partial charge in [0.2, 0.25) is 0 Å². The van der Waals surface area contributed by atoms with E-state index in [9.17, 15) is 13.6 Å². The Labute approximate surface area is 143 Å². The fraction of sp³-hybridized carbons (Fsp3) is 0. The fourth-order valence-electron chi connectivity index (χ4n) is 2.11. The summed E-state index contributed by atoms with van der Waals surface area (Å²) in [6.07, 6.45) is 1.62. The summed E-state index contributed by atoms with van der Waals surface area (Å²) in [5.74, 6) is 3.82. The molecule has 0 unspecified atom stereocenters. The van der Waals surface area contributed by atoms with Crippen molar-refractivity contribution in [3.8, 4) is 11.8 Å². The predicted octanol–water partition coefficient (Wildman–Crippen LogP) is 4.01. The van der Waals surface area contributed by atoms with Crippen LogP contribution in [0.4, 0.5) is 14.5 Å². The molecule has 0 saturated heterocycles. The molecule has 1 heterocycles. The molecule has 0 aliphatic heterocycles. The van der Waals surface area contributed by atoms with Crippen LogP contribution in [0.5, 0.6) is 0 Å². The molecule has 0 bridgehead atoms. The predicted molar refractivity (Wildman–Crippen MR) is 91.0 cm³/mol. The summed E-state index contributed by atoms with van der Waals surface area (Å²) in [6, 6.07) is 14.7. The minimum absolute atomic E-state index is 0.169. The van der Waals surface area contributed by atoms with E-state index in [0.29, 0.717) is 11.3 Å². The number of hydrogen-bond acceptors (Lipinski definition) is 2. The lowest BCUT2D eigenvalue weighted by molar-refractivity contribution is 0.102. The number of rotatable bonds is 2. The van der Waals surface area contributed by atoms with Crippen molar-refractivity contribution in [2.75, 3.05) is 5.32 Å². The molecule has 1 N–H and O–H groups in total. The number of amides is 1. The van der Waals surface area contributed by atoms with Crippen LogP contribution in [0.2, 0.25) is 0 Å². The molecule has 5 heteroatoms. The second kappa shape index (κ2) is 7.37. The third kappa shape index (κ3) is 4.27. The van der Waals surface area contributed by atoms with Crippen LogP contribution in [0.3, 0.4) is 0 Å². The number of pyridine rings is 1. The molecule has 3 nitrogen and oxygen atoms in total. The van der Waals surface area contributed by atoms with Crippen LogP contribution < -0.4 is 5.32 Å². The standard InChI is InChI=1S/C20H12F2N2O/c21-15-4-3-6-17(13-15)24-20(25)18-12-14(8-10-19(18)22)7-9-16-5-1-2-11-23-16/h1-6,8,10-13H,(H,24,25). The number of carbonyl (C=O) groups is 1. The van der Waals surface area contributed by atoms with E-state index in [0.717, 1.165) is 6.07 Å². The number of aromatic nitrogens is 1. The first-order valence-electron chi connectivity index (χ1n) is 7.41. The molecular weight excluding hydrogens is 322 g/mol. The van der Waals surface area contributed by atoms with Gasteiger partial charge in [0.15, 0.2) is 0 Å². The highest BCUT2D eigenvalue weighted by atomic mass is 19.1. The maximum Gasteiger partial charge on any atom is 0.258 e. The molecule has 122 valence electrons. The van der Waals surface area contributed by atoms with Crippen LogP contribution >= 0.6 is 0 Å². The summed E-state index contributed by atoms with van der Waals surface area (Å²) in [5.41, 5.74) is 1.11. The second-order valence-corrected chi connectivity index (χ2v) is 5.12. The maximum atomic E-state index is 14.0. The molecule has 0 aliphatic carbocycles. The van der Waals surface area contributed by atoms with Crippen LogP contribution in [-0.4, -0.2) is 10.9 Å². The van der Waals surface area contributed by atoms with E-state index in [1.54, 1.807) is 24.4 Å². The van der Waals surface area contributed by atoms with Crippen LogP contribution in [0.1, 0.15) is 21.6 Å². The van der Waals surface area contributed by atoms with Gasteiger partial charge in [-0.2, -0.15) is 0 Å². The molecule has 3 aromatic rings. The number of benzene rings is 2. The molecule has 0 saturated carbocycles. The highest BCUT2D eigenvalue weighted by molar-refractivity contribution is 6.04. The van der Waals surface area contributed by atoms with E-state index in [4.69, 9.17) is 0 Å². The molecule has 2 aromatic carbocycles. The van der Waals surface area contributed by atoms with Crippen molar-refractivity contribution in [3.05, 3.63) is 95.3 Å². The van der Waals surface area contributed by atoms with Crippen molar-refractivity contribution in [2.24, 2.45) is 0 Å². The van der Waals surface area contributed by atoms with E-state index in [2.05, 4.69) is 22.1 Å². The summed E-state index contributed by atoms with van der Waals surface area (Å²) < 4.78 is 27.1. The van der Waals surface area contributed by atoms with Gasteiger partial charge in [-0.1, -0.05) is 18.1 Å². The van der Waals surface area contributed by atoms with Crippen LogP contribution in [0.15, 0.2) is 66.9 Å². The average molecular weight is 334 g/mol. The second-order valence-electron chi connectivity index (χ2n) is 5.12.